The molecule has 1 aromatic heterocycles. The van der Waals surface area contributed by atoms with Crippen molar-refractivity contribution in [2.45, 2.75) is 32.0 Å². The van der Waals surface area contributed by atoms with Crippen molar-refractivity contribution < 1.29 is 9.53 Å². The van der Waals surface area contributed by atoms with Gasteiger partial charge in [0.15, 0.2) is 17.1 Å². The highest BCUT2D eigenvalue weighted by molar-refractivity contribution is 14.1. The zero-order valence-electron chi connectivity index (χ0n) is 16.8. The Morgan fingerprint density at radius 3 is 2.52 bits per heavy atom. The molecule has 152 valence electrons. The van der Waals surface area contributed by atoms with Crippen LogP contribution in [-0.4, -0.2) is 26.4 Å². The molecule has 0 saturated heterocycles. The van der Waals surface area contributed by atoms with Gasteiger partial charge in [-0.1, -0.05) is 30.0 Å². The number of carbonyl (C=O) groups excluding carboxylic acids is 1. The summed E-state index contributed by atoms with van der Waals surface area (Å²) >= 11 is 3.63. The summed E-state index contributed by atoms with van der Waals surface area (Å²) in [5, 5.41) is 12.2. The normalized spacial score (nSPS) is 11.9. The Labute approximate surface area is 188 Å². The number of aromatic nitrogens is 3. The first kappa shape index (κ1) is 21.6. The van der Waals surface area contributed by atoms with E-state index < -0.39 is 0 Å². The third-order valence-corrected chi connectivity index (χ3v) is 6.03. The molecule has 0 bridgehead atoms. The lowest BCUT2D eigenvalue weighted by Crippen LogP contribution is -2.16. The summed E-state index contributed by atoms with van der Waals surface area (Å²) in [6.07, 6.45) is -0.254. The van der Waals surface area contributed by atoms with Crippen LogP contribution in [-0.2, 0) is 11.8 Å². The molecule has 0 spiro atoms. The topological polar surface area (TPSA) is 69.0 Å². The van der Waals surface area contributed by atoms with Gasteiger partial charge in [0.25, 0.3) is 0 Å². The third-order valence-electron chi connectivity index (χ3n) is 4.38. The van der Waals surface area contributed by atoms with Gasteiger partial charge in [0.05, 0.1) is 5.75 Å². The zero-order chi connectivity index (χ0) is 21.0. The van der Waals surface area contributed by atoms with Crippen molar-refractivity contribution in [1.29, 1.82) is 0 Å². The lowest BCUT2D eigenvalue weighted by Gasteiger charge is -2.14. The van der Waals surface area contributed by atoms with Gasteiger partial charge in [-0.3, -0.25) is 4.79 Å². The number of benzene rings is 2. The van der Waals surface area contributed by atoms with Crippen LogP contribution < -0.4 is 10.1 Å². The molecule has 1 unspecified atom stereocenters. The Morgan fingerprint density at radius 2 is 1.86 bits per heavy atom. The molecule has 2 aromatic carbocycles. The number of nitrogens with one attached hydrogen (secondary N) is 1. The fourth-order valence-electron chi connectivity index (χ4n) is 2.98. The second-order valence-electron chi connectivity index (χ2n) is 6.72. The highest BCUT2D eigenvalue weighted by Crippen LogP contribution is 2.25. The first-order chi connectivity index (χ1) is 13.8. The van der Waals surface area contributed by atoms with Gasteiger partial charge in [0.1, 0.15) is 5.75 Å². The van der Waals surface area contributed by atoms with Crippen LogP contribution in [0, 0.1) is 17.4 Å². The standard InChI is InChI=1S/C21H23IN4O2S/c1-13-10-16(22)11-14(2)19(13)23-18(27)12-29-21-25-24-20(26(21)4)15(3)28-17-8-6-5-7-9-17/h5-11,15H,12H2,1-4H3,(H,23,27). The number of halogens is 1. The Bertz CT molecular complexity index is 984. The molecule has 1 amide bonds. The highest BCUT2D eigenvalue weighted by atomic mass is 127. The van der Waals surface area contributed by atoms with Gasteiger partial charge in [0, 0.05) is 16.3 Å². The number of thioether (sulfide) groups is 1. The summed E-state index contributed by atoms with van der Waals surface area (Å²) in [5.74, 6) is 1.67. The number of hydrogen-bond acceptors (Lipinski definition) is 5. The van der Waals surface area contributed by atoms with Crippen LogP contribution in [0.3, 0.4) is 0 Å². The highest BCUT2D eigenvalue weighted by Gasteiger charge is 2.18. The minimum Gasteiger partial charge on any atom is -0.483 e. The maximum absolute atomic E-state index is 12.5. The Hall–Kier alpha value is -2.07. The van der Waals surface area contributed by atoms with Gasteiger partial charge in [0.2, 0.25) is 5.91 Å². The molecule has 0 aliphatic rings. The number of rotatable bonds is 7. The lowest BCUT2D eigenvalue weighted by atomic mass is 10.1. The van der Waals surface area contributed by atoms with E-state index in [0.717, 1.165) is 26.1 Å². The Morgan fingerprint density at radius 1 is 1.21 bits per heavy atom. The summed E-state index contributed by atoms with van der Waals surface area (Å²) < 4.78 is 8.95. The molecule has 0 aliphatic carbocycles. The lowest BCUT2D eigenvalue weighted by molar-refractivity contribution is -0.113. The van der Waals surface area contributed by atoms with Gasteiger partial charge in [-0.25, -0.2) is 0 Å². The smallest absolute Gasteiger partial charge is 0.234 e. The van der Waals surface area contributed by atoms with Crippen LogP contribution in [0.4, 0.5) is 5.69 Å². The van der Waals surface area contributed by atoms with E-state index in [4.69, 9.17) is 4.74 Å². The summed E-state index contributed by atoms with van der Waals surface area (Å²) in [5.41, 5.74) is 2.99. The monoisotopic (exact) mass is 522 g/mol. The van der Waals surface area contributed by atoms with Crippen LogP contribution in [0.25, 0.3) is 0 Å². The molecule has 0 fully saturated rings. The number of anilines is 1. The average Bonchev–Trinajstić information content (AvgIpc) is 3.04. The molecular weight excluding hydrogens is 499 g/mol. The number of carbonyl (C=O) groups is 1. The fraction of sp³-hybridized carbons (Fsp3) is 0.286. The largest absolute Gasteiger partial charge is 0.483 e. The first-order valence-electron chi connectivity index (χ1n) is 9.15. The molecule has 6 nitrogen and oxygen atoms in total. The van der Waals surface area contributed by atoms with E-state index in [0.29, 0.717) is 11.0 Å². The van der Waals surface area contributed by atoms with Gasteiger partial charge >= 0.3 is 0 Å². The van der Waals surface area contributed by atoms with E-state index in [9.17, 15) is 4.79 Å². The van der Waals surface area contributed by atoms with Crippen molar-refractivity contribution in [3.05, 3.63) is 63.0 Å². The van der Waals surface area contributed by atoms with Crippen LogP contribution in [0.15, 0.2) is 47.6 Å². The van der Waals surface area contributed by atoms with Crippen LogP contribution in [0.2, 0.25) is 0 Å². The second kappa shape index (κ2) is 9.62. The molecule has 0 saturated carbocycles. The molecule has 29 heavy (non-hydrogen) atoms. The molecule has 3 aromatic rings. The van der Waals surface area contributed by atoms with E-state index in [-0.39, 0.29) is 17.8 Å². The van der Waals surface area contributed by atoms with Crippen molar-refractivity contribution in [3.8, 4) is 5.75 Å². The molecule has 3 rings (SSSR count). The molecule has 0 aliphatic heterocycles. The summed E-state index contributed by atoms with van der Waals surface area (Å²) in [6, 6.07) is 13.7. The third kappa shape index (κ3) is 5.51. The first-order valence-corrected chi connectivity index (χ1v) is 11.2. The number of ether oxygens (including phenoxy) is 1. The van der Waals surface area contributed by atoms with Crippen molar-refractivity contribution in [1.82, 2.24) is 14.8 Å². The number of hydrogen-bond donors (Lipinski definition) is 1. The van der Waals surface area contributed by atoms with E-state index in [1.54, 1.807) is 0 Å². The van der Waals surface area contributed by atoms with E-state index >= 15 is 0 Å². The predicted octanol–water partition coefficient (Wildman–Crippen LogP) is 4.91. The molecular formula is C21H23IN4O2S. The minimum atomic E-state index is -0.254. The van der Waals surface area contributed by atoms with Crippen LogP contribution in [0.5, 0.6) is 5.75 Å². The summed E-state index contributed by atoms with van der Waals surface area (Å²) in [7, 11) is 1.88. The summed E-state index contributed by atoms with van der Waals surface area (Å²) in [4.78, 5) is 12.5. The predicted molar refractivity (Wildman–Crippen MR) is 124 cm³/mol. The Kier molecular flexibility index (Phi) is 7.18. The van der Waals surface area contributed by atoms with Gasteiger partial charge < -0.3 is 14.6 Å². The number of amides is 1. The van der Waals surface area contributed by atoms with Crippen molar-refractivity contribution >= 4 is 45.9 Å². The Balaban J connectivity index is 1.61. The number of nitrogens with zero attached hydrogens (tertiary/aromatic N) is 3. The van der Waals surface area contributed by atoms with Crippen molar-refractivity contribution in [2.75, 3.05) is 11.1 Å². The van der Waals surface area contributed by atoms with Gasteiger partial charge in [-0.15, -0.1) is 10.2 Å². The van der Waals surface area contributed by atoms with Gasteiger partial charge in [-0.05, 0) is 78.8 Å². The van der Waals surface area contributed by atoms with Crippen LogP contribution >= 0.6 is 34.4 Å². The maximum atomic E-state index is 12.5. The second-order valence-corrected chi connectivity index (χ2v) is 8.91. The molecule has 0 radical (unpaired) electrons. The van der Waals surface area contributed by atoms with Gasteiger partial charge in [-0.2, -0.15) is 0 Å². The maximum Gasteiger partial charge on any atom is 0.234 e. The van der Waals surface area contributed by atoms with Crippen molar-refractivity contribution in [3.63, 3.8) is 0 Å². The fourth-order valence-corrected chi connectivity index (χ4v) is 4.63. The quantitative estimate of drug-likeness (QED) is 0.353. The van der Waals surface area contributed by atoms with Crippen LogP contribution in [0.1, 0.15) is 30.0 Å². The number of aryl methyl sites for hydroxylation is 2. The van der Waals surface area contributed by atoms with E-state index in [1.807, 2.05) is 62.7 Å². The zero-order valence-corrected chi connectivity index (χ0v) is 19.7. The molecule has 1 N–H and O–H groups in total. The van der Waals surface area contributed by atoms with Crippen molar-refractivity contribution in [2.24, 2.45) is 7.05 Å². The average molecular weight is 522 g/mol. The SMILES string of the molecule is Cc1cc(I)cc(C)c1NC(=O)CSc1nnc(C(C)Oc2ccccc2)n1C. The van der Waals surface area contributed by atoms with E-state index in [1.165, 1.54) is 11.8 Å². The minimum absolute atomic E-state index is 0.0689. The summed E-state index contributed by atoms with van der Waals surface area (Å²) in [6.45, 7) is 5.93. The molecule has 8 heteroatoms. The van der Waals surface area contributed by atoms with E-state index in [2.05, 4.69) is 50.2 Å². The molecule has 1 atom stereocenters. The molecule has 1 heterocycles. The number of para-hydroxylation sites is 1.